The number of allylic oxidation sites excluding steroid dienone is 4. The smallest absolute Gasteiger partial charge is 0.307 e. The molecule has 4 bridgehead atoms. The molecule has 0 aromatic carbocycles. The number of rotatable bonds is 6. The molecule has 6 atom stereocenters. The number of fused-ring (bicyclic) bond motifs is 4. The second kappa shape index (κ2) is 7.46. The zero-order valence-corrected chi connectivity index (χ0v) is 16.0. The van der Waals surface area contributed by atoms with Crippen molar-refractivity contribution in [2.24, 2.45) is 45.7 Å². The van der Waals surface area contributed by atoms with Crippen LogP contribution in [-0.4, -0.2) is 24.2 Å². The molecule has 2 N–H and O–H groups in total. The van der Waals surface area contributed by atoms with Crippen LogP contribution in [-0.2, 0) is 0 Å². The van der Waals surface area contributed by atoms with E-state index in [0.717, 1.165) is 12.8 Å². The Morgan fingerprint density at radius 3 is 1.66 bits per heavy atom. The monoisotopic (exact) mass is 392 g/mol. The summed E-state index contributed by atoms with van der Waals surface area (Å²) in [6.07, 6.45) is 17.2. The number of hydrazone groups is 2. The summed E-state index contributed by atoms with van der Waals surface area (Å²) in [7, 11) is 0. The molecule has 4 aliphatic carbocycles. The highest BCUT2D eigenvalue weighted by Gasteiger charge is 2.35. The first kappa shape index (κ1) is 18.1. The fraction of sp³-hybridized carbons (Fsp3) is 0.455. The van der Waals surface area contributed by atoms with Gasteiger partial charge in [0.2, 0.25) is 0 Å². The van der Waals surface area contributed by atoms with Gasteiger partial charge in [-0.1, -0.05) is 24.3 Å². The highest BCUT2D eigenvalue weighted by molar-refractivity contribution is 5.95. The van der Waals surface area contributed by atoms with Gasteiger partial charge in [-0.15, -0.1) is 0 Å². The average molecular weight is 392 g/mol. The number of carbonyl (C=O) groups excluding carboxylic acids is 2. The highest BCUT2D eigenvalue weighted by atomic mass is 16.4. The van der Waals surface area contributed by atoms with Gasteiger partial charge in [-0.25, -0.2) is 10.9 Å². The predicted molar refractivity (Wildman–Crippen MR) is 108 cm³/mol. The van der Waals surface area contributed by atoms with E-state index in [1.165, 1.54) is 25.0 Å². The summed E-state index contributed by atoms with van der Waals surface area (Å²) in [6, 6.07) is 2.93. The summed E-state index contributed by atoms with van der Waals surface area (Å²) in [6.45, 7) is 0. The van der Waals surface area contributed by atoms with Crippen LogP contribution in [0, 0.1) is 35.5 Å². The van der Waals surface area contributed by atoms with Crippen LogP contribution < -0.4 is 10.9 Å². The van der Waals surface area contributed by atoms with E-state index in [1.54, 1.807) is 0 Å². The number of nitrogens with zero attached hydrogens (tertiary/aromatic N) is 2. The van der Waals surface area contributed by atoms with Gasteiger partial charge in [0, 0.05) is 24.3 Å². The molecule has 150 valence electrons. The van der Waals surface area contributed by atoms with E-state index in [-0.39, 0.29) is 11.5 Å². The molecule has 7 nitrogen and oxygen atoms in total. The van der Waals surface area contributed by atoms with Crippen molar-refractivity contribution < 1.29 is 14.0 Å². The summed E-state index contributed by atoms with van der Waals surface area (Å²) in [4.78, 5) is 24.4. The van der Waals surface area contributed by atoms with Crippen LogP contribution in [0.1, 0.15) is 46.8 Å². The molecule has 1 aromatic rings. The summed E-state index contributed by atoms with van der Waals surface area (Å²) >= 11 is 0. The maximum atomic E-state index is 12.2. The van der Waals surface area contributed by atoms with Crippen molar-refractivity contribution in [1.29, 1.82) is 0 Å². The van der Waals surface area contributed by atoms with E-state index >= 15 is 0 Å². The first-order valence-electron chi connectivity index (χ1n) is 10.3. The lowest BCUT2D eigenvalue weighted by atomic mass is 9.95. The van der Waals surface area contributed by atoms with Crippen molar-refractivity contribution >= 4 is 24.2 Å². The number of amides is 2. The van der Waals surface area contributed by atoms with Gasteiger partial charge in [0.25, 0.3) is 0 Å². The standard InChI is InChI=1S/C22H24N4O3/c27-21(25-23-11-17-9-13-1-3-15(17)7-13)19-5-6-20(29-19)22(28)26-24-12-18-10-14-2-4-16(18)8-14/h1-6,11-18H,7-10H2,(H,25,27)(H,26,28)/b23-11+,24-12+. The van der Waals surface area contributed by atoms with Gasteiger partial charge >= 0.3 is 11.8 Å². The molecule has 0 spiro atoms. The summed E-state index contributed by atoms with van der Waals surface area (Å²) in [5.74, 6) is 2.28. The Kier molecular flexibility index (Phi) is 4.66. The van der Waals surface area contributed by atoms with Gasteiger partial charge < -0.3 is 4.42 Å². The van der Waals surface area contributed by atoms with Crippen molar-refractivity contribution in [1.82, 2.24) is 10.9 Å². The van der Waals surface area contributed by atoms with Gasteiger partial charge in [0.15, 0.2) is 11.5 Å². The molecular formula is C22H24N4O3. The molecule has 2 fully saturated rings. The average Bonchev–Trinajstić information content (AvgIpc) is 3.54. The third-order valence-corrected chi connectivity index (χ3v) is 6.58. The third kappa shape index (κ3) is 3.69. The Morgan fingerprint density at radius 2 is 1.28 bits per heavy atom. The van der Waals surface area contributed by atoms with Gasteiger partial charge in [-0.05, 0) is 61.5 Å². The van der Waals surface area contributed by atoms with E-state index in [4.69, 9.17) is 4.42 Å². The molecule has 2 amide bonds. The lowest BCUT2D eigenvalue weighted by Gasteiger charge is -2.11. The number of nitrogens with one attached hydrogen (secondary N) is 2. The minimum absolute atomic E-state index is 0.0438. The lowest BCUT2D eigenvalue weighted by molar-refractivity contribution is 0.0902. The molecule has 5 rings (SSSR count). The first-order chi connectivity index (χ1) is 14.2. The molecule has 0 radical (unpaired) electrons. The topological polar surface area (TPSA) is 96.1 Å². The van der Waals surface area contributed by atoms with E-state index in [2.05, 4.69) is 45.4 Å². The number of hydrogen-bond donors (Lipinski definition) is 2. The lowest BCUT2D eigenvalue weighted by Crippen LogP contribution is -2.20. The van der Waals surface area contributed by atoms with Crippen LogP contribution in [0.15, 0.2) is 51.1 Å². The maximum Gasteiger partial charge on any atom is 0.307 e. The van der Waals surface area contributed by atoms with Crippen molar-refractivity contribution in [2.45, 2.75) is 25.7 Å². The zero-order chi connectivity index (χ0) is 19.8. The molecular weight excluding hydrogens is 368 g/mol. The van der Waals surface area contributed by atoms with Crippen LogP contribution in [0.3, 0.4) is 0 Å². The SMILES string of the molecule is O=C(N/N=C/C1CC2C=CC1C2)c1ccc(C(=O)N/N=C/C2CC3C=CC2C3)o1. The number of furan rings is 1. The Morgan fingerprint density at radius 1 is 0.793 bits per heavy atom. The quantitative estimate of drug-likeness (QED) is 0.442. The molecule has 6 unspecified atom stereocenters. The highest BCUT2D eigenvalue weighted by Crippen LogP contribution is 2.43. The third-order valence-electron chi connectivity index (χ3n) is 6.58. The van der Waals surface area contributed by atoms with Crippen LogP contribution in [0.5, 0.6) is 0 Å². The fourth-order valence-electron chi connectivity index (χ4n) is 5.06. The van der Waals surface area contributed by atoms with E-state index in [1.807, 2.05) is 12.4 Å². The number of carbonyl (C=O) groups is 2. The van der Waals surface area contributed by atoms with Crippen molar-refractivity contribution in [3.63, 3.8) is 0 Å². The second-order valence-corrected chi connectivity index (χ2v) is 8.49. The summed E-state index contributed by atoms with van der Waals surface area (Å²) in [5, 5.41) is 8.13. The minimum Gasteiger partial charge on any atom is -0.446 e. The zero-order valence-electron chi connectivity index (χ0n) is 16.0. The van der Waals surface area contributed by atoms with Gasteiger partial charge in [-0.2, -0.15) is 10.2 Å². The van der Waals surface area contributed by atoms with Crippen molar-refractivity contribution in [2.75, 3.05) is 0 Å². The van der Waals surface area contributed by atoms with Crippen LogP contribution in [0.25, 0.3) is 0 Å². The molecule has 0 saturated heterocycles. The minimum atomic E-state index is -0.476. The second-order valence-electron chi connectivity index (χ2n) is 8.49. The van der Waals surface area contributed by atoms with Crippen LogP contribution >= 0.6 is 0 Å². The van der Waals surface area contributed by atoms with E-state index < -0.39 is 11.8 Å². The summed E-state index contributed by atoms with van der Waals surface area (Å²) < 4.78 is 5.36. The molecule has 29 heavy (non-hydrogen) atoms. The molecule has 1 heterocycles. The Hall–Kier alpha value is -2.96. The largest absolute Gasteiger partial charge is 0.446 e. The Labute approximate surface area is 169 Å². The van der Waals surface area contributed by atoms with E-state index in [9.17, 15) is 9.59 Å². The van der Waals surface area contributed by atoms with Crippen LogP contribution in [0.4, 0.5) is 0 Å². The predicted octanol–water partition coefficient (Wildman–Crippen LogP) is 3.14. The molecule has 0 aliphatic heterocycles. The van der Waals surface area contributed by atoms with Crippen molar-refractivity contribution in [3.8, 4) is 0 Å². The molecule has 4 aliphatic rings. The Balaban J connectivity index is 1.11. The fourth-order valence-corrected chi connectivity index (χ4v) is 5.06. The van der Waals surface area contributed by atoms with E-state index in [0.29, 0.717) is 35.5 Å². The molecule has 2 saturated carbocycles. The molecule has 1 aromatic heterocycles. The Bertz CT molecular complexity index is 856. The van der Waals surface area contributed by atoms with Gasteiger partial charge in [-0.3, -0.25) is 9.59 Å². The van der Waals surface area contributed by atoms with Crippen molar-refractivity contribution in [3.05, 3.63) is 48.0 Å². The summed E-state index contributed by atoms with van der Waals surface area (Å²) in [5.41, 5.74) is 4.96. The first-order valence-corrected chi connectivity index (χ1v) is 10.3. The van der Waals surface area contributed by atoms with Gasteiger partial charge in [0.1, 0.15) is 0 Å². The maximum absolute atomic E-state index is 12.2. The molecule has 7 heteroatoms. The van der Waals surface area contributed by atoms with Gasteiger partial charge in [0.05, 0.1) is 0 Å². The van der Waals surface area contributed by atoms with Crippen LogP contribution in [0.2, 0.25) is 0 Å². The normalized spacial score (nSPS) is 34.1. The number of hydrogen-bond acceptors (Lipinski definition) is 5.